The van der Waals surface area contributed by atoms with E-state index >= 15 is 0 Å². The standard InChI is InChI=1S/C8H5F3O3S/c9-7(10)8(11)14-15(12)13-6-4-2-1-3-5-6/h1-5H. The van der Waals surface area contributed by atoms with E-state index < -0.39 is 23.5 Å². The van der Waals surface area contributed by atoms with Gasteiger partial charge in [0.25, 0.3) is 0 Å². The maximum absolute atomic E-state index is 12.1. The smallest absolute Gasteiger partial charge is 0.371 e. The summed E-state index contributed by atoms with van der Waals surface area (Å²) in [6, 6.07) is 5.40. The van der Waals surface area contributed by atoms with Gasteiger partial charge in [0.1, 0.15) is 5.75 Å². The Balaban J connectivity index is 2.55. The van der Waals surface area contributed by atoms with Crippen molar-refractivity contribution in [1.29, 1.82) is 0 Å². The van der Waals surface area contributed by atoms with E-state index in [1.807, 2.05) is 0 Å². The lowest BCUT2D eigenvalue weighted by Gasteiger charge is -2.02. The average Bonchev–Trinajstić information content (AvgIpc) is 2.18. The quantitative estimate of drug-likeness (QED) is 0.756. The first-order valence-corrected chi connectivity index (χ1v) is 4.64. The van der Waals surface area contributed by atoms with Crippen molar-refractivity contribution in [2.45, 2.75) is 0 Å². The van der Waals surface area contributed by atoms with Gasteiger partial charge in [0.2, 0.25) is 0 Å². The number of benzene rings is 1. The van der Waals surface area contributed by atoms with Crippen LogP contribution in [0.25, 0.3) is 0 Å². The molecule has 0 fully saturated rings. The van der Waals surface area contributed by atoms with Crippen molar-refractivity contribution in [2.24, 2.45) is 0 Å². The minimum atomic E-state index is -2.69. The Kier molecular flexibility index (Phi) is 4.17. The molecule has 1 rings (SSSR count). The van der Waals surface area contributed by atoms with E-state index in [4.69, 9.17) is 0 Å². The molecule has 1 atom stereocenters. The second-order valence-corrected chi connectivity index (χ2v) is 2.96. The number of para-hydroxylation sites is 1. The lowest BCUT2D eigenvalue weighted by atomic mass is 10.3. The molecule has 0 N–H and O–H groups in total. The van der Waals surface area contributed by atoms with Crippen LogP contribution in [0, 0.1) is 0 Å². The molecule has 0 spiro atoms. The molecule has 0 aromatic heterocycles. The van der Waals surface area contributed by atoms with Crippen LogP contribution in [-0.4, -0.2) is 4.21 Å². The first-order valence-electron chi connectivity index (χ1n) is 3.64. The van der Waals surface area contributed by atoms with Crippen LogP contribution >= 0.6 is 0 Å². The molecule has 0 heterocycles. The minimum Gasteiger partial charge on any atom is -0.371 e. The van der Waals surface area contributed by atoms with E-state index in [0.29, 0.717) is 0 Å². The largest absolute Gasteiger partial charge is 0.420 e. The molecule has 3 nitrogen and oxygen atoms in total. The molecule has 1 aromatic rings. The van der Waals surface area contributed by atoms with Gasteiger partial charge in [-0.2, -0.15) is 17.4 Å². The molecule has 15 heavy (non-hydrogen) atoms. The summed E-state index contributed by atoms with van der Waals surface area (Å²) in [5, 5.41) is 0. The SMILES string of the molecule is O=S(OC(F)=C(F)F)Oc1ccccc1. The fourth-order valence-corrected chi connectivity index (χ4v) is 1.15. The van der Waals surface area contributed by atoms with Crippen LogP contribution in [-0.2, 0) is 15.5 Å². The summed E-state index contributed by atoms with van der Waals surface area (Å²) < 4.78 is 54.0. The zero-order chi connectivity index (χ0) is 11.3. The molecular weight excluding hydrogens is 233 g/mol. The van der Waals surface area contributed by atoms with Gasteiger partial charge in [-0.3, -0.25) is 0 Å². The third kappa shape index (κ3) is 4.03. The summed E-state index contributed by atoms with van der Waals surface area (Å²) >= 11 is -2.63. The molecule has 7 heteroatoms. The lowest BCUT2D eigenvalue weighted by molar-refractivity contribution is 0.242. The van der Waals surface area contributed by atoms with Gasteiger partial charge < -0.3 is 8.37 Å². The van der Waals surface area contributed by atoms with Gasteiger partial charge in [0, 0.05) is 0 Å². The van der Waals surface area contributed by atoms with Gasteiger partial charge in [0.15, 0.2) is 0 Å². The average molecular weight is 238 g/mol. The zero-order valence-corrected chi connectivity index (χ0v) is 7.97. The van der Waals surface area contributed by atoms with Gasteiger partial charge in [-0.05, 0) is 12.1 Å². The predicted molar refractivity (Wildman–Crippen MR) is 46.6 cm³/mol. The third-order valence-electron chi connectivity index (χ3n) is 1.20. The van der Waals surface area contributed by atoms with Gasteiger partial charge in [-0.15, -0.1) is 0 Å². The van der Waals surface area contributed by atoms with Crippen LogP contribution in [0.2, 0.25) is 0 Å². The highest BCUT2D eigenvalue weighted by Crippen LogP contribution is 2.15. The molecule has 0 saturated heterocycles. The second kappa shape index (κ2) is 5.40. The number of hydrogen-bond acceptors (Lipinski definition) is 3. The normalized spacial score (nSPS) is 11.7. The van der Waals surface area contributed by atoms with E-state index in [1.165, 1.54) is 12.1 Å². The van der Waals surface area contributed by atoms with Crippen LogP contribution < -0.4 is 4.18 Å². The second-order valence-electron chi connectivity index (χ2n) is 2.22. The minimum absolute atomic E-state index is 0.114. The summed E-state index contributed by atoms with van der Waals surface area (Å²) in [6.45, 7) is 0. The van der Waals surface area contributed by atoms with Crippen LogP contribution in [0.3, 0.4) is 0 Å². The Labute approximate surface area is 86.0 Å². The van der Waals surface area contributed by atoms with E-state index in [0.717, 1.165) is 0 Å². The van der Waals surface area contributed by atoms with Gasteiger partial charge in [0.05, 0.1) is 0 Å². The molecule has 0 bridgehead atoms. The van der Waals surface area contributed by atoms with Gasteiger partial charge in [-0.25, -0.2) is 0 Å². The van der Waals surface area contributed by atoms with Crippen LogP contribution in [0.4, 0.5) is 13.2 Å². The summed E-state index contributed by atoms with van der Waals surface area (Å²) in [6.07, 6.45) is -2.69. The first-order chi connectivity index (χ1) is 7.09. The number of rotatable bonds is 4. The van der Waals surface area contributed by atoms with Crippen LogP contribution in [0.1, 0.15) is 0 Å². The first kappa shape index (κ1) is 11.6. The third-order valence-corrected chi connectivity index (χ3v) is 1.81. The molecule has 82 valence electrons. The molecule has 1 aromatic carbocycles. The molecule has 0 amide bonds. The van der Waals surface area contributed by atoms with E-state index in [-0.39, 0.29) is 5.75 Å². The van der Waals surface area contributed by atoms with Crippen molar-refractivity contribution in [1.82, 2.24) is 0 Å². The van der Waals surface area contributed by atoms with Crippen molar-refractivity contribution >= 4 is 11.4 Å². The fourth-order valence-electron chi connectivity index (χ4n) is 0.663. The molecule has 0 aliphatic heterocycles. The highest BCUT2D eigenvalue weighted by atomic mass is 32.2. The van der Waals surface area contributed by atoms with Crippen molar-refractivity contribution in [3.05, 3.63) is 42.4 Å². The number of hydrogen-bond donors (Lipinski definition) is 0. The maximum Gasteiger partial charge on any atom is 0.420 e. The van der Waals surface area contributed by atoms with E-state index in [9.17, 15) is 17.4 Å². The Bertz CT molecular complexity index is 376. The van der Waals surface area contributed by atoms with E-state index in [2.05, 4.69) is 8.37 Å². The molecule has 0 saturated carbocycles. The lowest BCUT2D eigenvalue weighted by Crippen LogP contribution is -2.03. The molecular formula is C8H5F3O3S. The molecule has 0 radical (unpaired) electrons. The summed E-state index contributed by atoms with van der Waals surface area (Å²) in [5.41, 5.74) is 0. The monoisotopic (exact) mass is 238 g/mol. The van der Waals surface area contributed by atoms with Crippen molar-refractivity contribution in [2.75, 3.05) is 0 Å². The van der Waals surface area contributed by atoms with Crippen LogP contribution in [0.15, 0.2) is 42.4 Å². The van der Waals surface area contributed by atoms with Crippen molar-refractivity contribution in [3.8, 4) is 5.75 Å². The van der Waals surface area contributed by atoms with E-state index in [1.54, 1.807) is 18.2 Å². The predicted octanol–water partition coefficient (Wildman–Crippen LogP) is 2.70. The topological polar surface area (TPSA) is 35.5 Å². The Morgan fingerprint density at radius 2 is 1.73 bits per heavy atom. The fraction of sp³-hybridized carbons (Fsp3) is 0. The van der Waals surface area contributed by atoms with Crippen LogP contribution in [0.5, 0.6) is 5.75 Å². The van der Waals surface area contributed by atoms with Gasteiger partial charge >= 0.3 is 23.5 Å². The Hall–Kier alpha value is -1.50. The highest BCUT2D eigenvalue weighted by molar-refractivity contribution is 7.75. The van der Waals surface area contributed by atoms with Crippen molar-refractivity contribution < 1.29 is 25.7 Å². The maximum atomic E-state index is 12.1. The Morgan fingerprint density at radius 3 is 2.27 bits per heavy atom. The molecule has 0 aliphatic rings. The highest BCUT2D eigenvalue weighted by Gasteiger charge is 2.12. The Morgan fingerprint density at radius 1 is 1.13 bits per heavy atom. The number of halogens is 3. The summed E-state index contributed by atoms with van der Waals surface area (Å²) in [7, 11) is 0. The summed E-state index contributed by atoms with van der Waals surface area (Å²) in [5.74, 6) is 0.114. The van der Waals surface area contributed by atoms with Gasteiger partial charge in [-0.1, -0.05) is 18.2 Å². The molecule has 0 aliphatic carbocycles. The van der Waals surface area contributed by atoms with Crippen molar-refractivity contribution in [3.63, 3.8) is 0 Å². The summed E-state index contributed by atoms with van der Waals surface area (Å²) in [4.78, 5) is 0. The zero-order valence-electron chi connectivity index (χ0n) is 7.15. The molecule has 1 unspecified atom stereocenters.